The summed E-state index contributed by atoms with van der Waals surface area (Å²) in [4.78, 5) is 38.4. The Bertz CT molecular complexity index is 854. The van der Waals surface area contributed by atoms with Crippen molar-refractivity contribution in [1.29, 1.82) is 0 Å². The minimum absolute atomic E-state index is 0.0967. The molecule has 1 aliphatic carbocycles. The molecule has 1 saturated carbocycles. The number of hydrogen-bond acceptors (Lipinski definition) is 5. The maximum atomic E-state index is 13.1. The maximum Gasteiger partial charge on any atom is 0.255 e. The fourth-order valence-corrected chi connectivity index (χ4v) is 5.40. The van der Waals surface area contributed by atoms with Crippen LogP contribution in [0.5, 0.6) is 0 Å². The van der Waals surface area contributed by atoms with Gasteiger partial charge in [-0.2, -0.15) is 0 Å². The minimum atomic E-state index is -0.560. The lowest BCUT2D eigenvalue weighted by atomic mass is 9.68. The number of piperidine rings is 1. The molecule has 0 aromatic heterocycles. The van der Waals surface area contributed by atoms with Gasteiger partial charge in [-0.25, -0.2) is 0 Å². The van der Waals surface area contributed by atoms with Crippen molar-refractivity contribution < 1.29 is 14.4 Å². The van der Waals surface area contributed by atoms with Gasteiger partial charge in [0.2, 0.25) is 11.8 Å². The summed E-state index contributed by atoms with van der Waals surface area (Å²) in [5.41, 5.74) is 2.93. The lowest BCUT2D eigenvalue weighted by Crippen LogP contribution is -2.58. The van der Waals surface area contributed by atoms with Crippen molar-refractivity contribution in [3.63, 3.8) is 0 Å². The standard InChI is InChI=1S/C21H26N4O3/c26-17-5-4-16(19(27)24-17)25-11-14-3-1-2-13(18(14)20(25)28)10-22-12-21-8-6-15(21)7-9-23-21/h1-3,15-16,22-23H,4-12H2,(H,24,26,27). The second-order valence-electron chi connectivity index (χ2n) is 8.56. The van der Waals surface area contributed by atoms with E-state index in [0.29, 0.717) is 19.5 Å². The molecule has 5 rings (SSSR count). The third kappa shape index (κ3) is 2.76. The molecular weight excluding hydrogens is 356 g/mol. The molecule has 28 heavy (non-hydrogen) atoms. The molecule has 3 unspecified atom stereocenters. The van der Waals surface area contributed by atoms with Crippen LogP contribution in [0.1, 0.15) is 53.6 Å². The number of amides is 3. The quantitative estimate of drug-likeness (QED) is 0.652. The molecule has 0 spiro atoms. The van der Waals surface area contributed by atoms with E-state index in [0.717, 1.165) is 35.7 Å². The van der Waals surface area contributed by atoms with Gasteiger partial charge in [-0.3, -0.25) is 19.7 Å². The van der Waals surface area contributed by atoms with Crippen molar-refractivity contribution in [3.8, 4) is 0 Å². The van der Waals surface area contributed by atoms with E-state index in [1.807, 2.05) is 18.2 Å². The summed E-state index contributed by atoms with van der Waals surface area (Å²) in [6.07, 6.45) is 4.48. The van der Waals surface area contributed by atoms with Crippen LogP contribution in [-0.2, 0) is 22.7 Å². The Morgan fingerprint density at radius 1 is 1.18 bits per heavy atom. The van der Waals surface area contributed by atoms with Crippen LogP contribution in [0.15, 0.2) is 18.2 Å². The first-order valence-corrected chi connectivity index (χ1v) is 10.3. The number of carbonyl (C=O) groups excluding carboxylic acids is 3. The van der Waals surface area contributed by atoms with Crippen LogP contribution in [0.25, 0.3) is 0 Å². The van der Waals surface area contributed by atoms with Crippen LogP contribution < -0.4 is 16.0 Å². The van der Waals surface area contributed by atoms with E-state index < -0.39 is 6.04 Å². The summed E-state index contributed by atoms with van der Waals surface area (Å²) in [5.74, 6) is 0.0655. The highest BCUT2D eigenvalue weighted by molar-refractivity contribution is 6.05. The van der Waals surface area contributed by atoms with E-state index in [4.69, 9.17) is 0 Å². The highest BCUT2D eigenvalue weighted by Crippen LogP contribution is 2.44. The number of fused-ring (bicyclic) bond motifs is 2. The first kappa shape index (κ1) is 17.8. The van der Waals surface area contributed by atoms with Crippen molar-refractivity contribution >= 4 is 17.7 Å². The van der Waals surface area contributed by atoms with E-state index in [-0.39, 0.29) is 29.7 Å². The maximum absolute atomic E-state index is 13.1. The molecule has 3 amide bonds. The van der Waals surface area contributed by atoms with E-state index in [2.05, 4.69) is 16.0 Å². The van der Waals surface area contributed by atoms with Gasteiger partial charge in [-0.05, 0) is 49.3 Å². The molecule has 7 heteroatoms. The molecule has 7 nitrogen and oxygen atoms in total. The topological polar surface area (TPSA) is 90.5 Å². The molecule has 0 bridgehead atoms. The molecule has 3 atom stereocenters. The highest BCUT2D eigenvalue weighted by Gasteiger charge is 2.49. The Balaban J connectivity index is 1.29. The summed E-state index contributed by atoms with van der Waals surface area (Å²) in [6.45, 7) is 3.11. The van der Waals surface area contributed by atoms with Crippen molar-refractivity contribution in [1.82, 2.24) is 20.9 Å². The second-order valence-corrected chi connectivity index (χ2v) is 8.56. The van der Waals surface area contributed by atoms with Crippen LogP contribution in [0.3, 0.4) is 0 Å². The van der Waals surface area contributed by atoms with Gasteiger partial charge in [0.05, 0.1) is 0 Å². The van der Waals surface area contributed by atoms with E-state index >= 15 is 0 Å². The van der Waals surface area contributed by atoms with Crippen molar-refractivity contribution in [2.24, 2.45) is 5.92 Å². The highest BCUT2D eigenvalue weighted by atomic mass is 16.2. The molecular formula is C21H26N4O3. The number of imide groups is 1. The molecule has 0 radical (unpaired) electrons. The van der Waals surface area contributed by atoms with Gasteiger partial charge in [0.15, 0.2) is 0 Å². The van der Waals surface area contributed by atoms with Crippen LogP contribution in [-0.4, -0.2) is 47.3 Å². The number of carbonyl (C=O) groups is 3. The van der Waals surface area contributed by atoms with Crippen molar-refractivity contribution in [3.05, 3.63) is 34.9 Å². The Hall–Kier alpha value is -2.25. The molecule has 1 aromatic carbocycles. The fourth-order valence-electron chi connectivity index (χ4n) is 5.40. The van der Waals surface area contributed by atoms with Gasteiger partial charge in [-0.1, -0.05) is 18.2 Å². The molecule has 3 aliphatic heterocycles. The zero-order chi connectivity index (χ0) is 19.3. The zero-order valence-corrected chi connectivity index (χ0v) is 15.9. The largest absolute Gasteiger partial charge is 0.322 e. The van der Waals surface area contributed by atoms with Crippen molar-refractivity contribution in [2.75, 3.05) is 13.1 Å². The SMILES string of the molecule is O=C1CCC(N2Cc3cccc(CNCC45CCC4CCN5)c3C2=O)C(=O)N1. The third-order valence-corrected chi connectivity index (χ3v) is 7.08. The summed E-state index contributed by atoms with van der Waals surface area (Å²) in [6, 6.07) is 5.38. The summed E-state index contributed by atoms with van der Waals surface area (Å²) in [7, 11) is 0. The Kier molecular flexibility index (Phi) is 4.25. The fraction of sp³-hybridized carbons (Fsp3) is 0.571. The summed E-state index contributed by atoms with van der Waals surface area (Å²) >= 11 is 0. The van der Waals surface area contributed by atoms with E-state index in [1.165, 1.54) is 19.3 Å². The molecule has 1 aromatic rings. The molecule has 3 N–H and O–H groups in total. The number of nitrogens with zero attached hydrogens (tertiary/aromatic N) is 1. The molecule has 3 heterocycles. The monoisotopic (exact) mass is 382 g/mol. The smallest absolute Gasteiger partial charge is 0.255 e. The average molecular weight is 382 g/mol. The second kappa shape index (κ2) is 6.67. The number of benzene rings is 1. The minimum Gasteiger partial charge on any atom is -0.322 e. The van der Waals surface area contributed by atoms with Crippen LogP contribution in [0, 0.1) is 5.92 Å². The first-order chi connectivity index (χ1) is 13.6. The Morgan fingerprint density at radius 3 is 2.82 bits per heavy atom. The molecule has 3 fully saturated rings. The normalized spacial score (nSPS) is 31.4. The van der Waals surface area contributed by atoms with Gasteiger partial charge >= 0.3 is 0 Å². The summed E-state index contributed by atoms with van der Waals surface area (Å²) in [5, 5.41) is 9.59. The molecule has 148 valence electrons. The van der Waals surface area contributed by atoms with Crippen LogP contribution in [0.2, 0.25) is 0 Å². The third-order valence-electron chi connectivity index (χ3n) is 7.08. The Labute approximate surface area is 164 Å². The number of hydrogen-bond donors (Lipinski definition) is 3. The van der Waals surface area contributed by atoms with Crippen LogP contribution >= 0.6 is 0 Å². The predicted octanol–water partition coefficient (Wildman–Crippen LogP) is 0.679. The van der Waals surface area contributed by atoms with Crippen molar-refractivity contribution in [2.45, 2.75) is 56.8 Å². The van der Waals surface area contributed by atoms with Gasteiger partial charge in [0.25, 0.3) is 5.91 Å². The molecule has 2 saturated heterocycles. The average Bonchev–Trinajstić information content (AvgIpc) is 3.14. The van der Waals surface area contributed by atoms with Crippen LogP contribution in [0.4, 0.5) is 0 Å². The van der Waals surface area contributed by atoms with E-state index in [9.17, 15) is 14.4 Å². The van der Waals surface area contributed by atoms with Gasteiger partial charge in [0, 0.05) is 37.2 Å². The number of nitrogens with one attached hydrogen (secondary N) is 3. The molecule has 4 aliphatic rings. The first-order valence-electron chi connectivity index (χ1n) is 10.3. The zero-order valence-electron chi connectivity index (χ0n) is 15.9. The Morgan fingerprint density at radius 2 is 2.07 bits per heavy atom. The summed E-state index contributed by atoms with van der Waals surface area (Å²) < 4.78 is 0. The van der Waals surface area contributed by atoms with E-state index in [1.54, 1.807) is 4.90 Å². The van der Waals surface area contributed by atoms with Gasteiger partial charge < -0.3 is 15.5 Å². The lowest BCUT2D eigenvalue weighted by molar-refractivity contribution is -0.136. The van der Waals surface area contributed by atoms with Gasteiger partial charge in [0.1, 0.15) is 6.04 Å². The predicted molar refractivity (Wildman–Crippen MR) is 102 cm³/mol. The van der Waals surface area contributed by atoms with Gasteiger partial charge in [-0.15, -0.1) is 0 Å². The lowest BCUT2D eigenvalue weighted by Gasteiger charge is -2.45. The number of rotatable bonds is 5.